The summed E-state index contributed by atoms with van der Waals surface area (Å²) in [5.74, 6) is 0. The van der Waals surface area contributed by atoms with Crippen LogP contribution in [0.15, 0.2) is 48.5 Å². The van der Waals surface area contributed by atoms with E-state index in [-0.39, 0.29) is 0 Å². The molecule has 0 bridgehead atoms. The van der Waals surface area contributed by atoms with Gasteiger partial charge in [-0.15, -0.1) is 0 Å². The third-order valence-electron chi connectivity index (χ3n) is 3.86. The third-order valence-corrected chi connectivity index (χ3v) is 3.86. The molecular formula is C18H22N2. The van der Waals surface area contributed by atoms with Crippen molar-refractivity contribution in [2.24, 2.45) is 0 Å². The van der Waals surface area contributed by atoms with E-state index >= 15 is 0 Å². The average molecular weight is 266 g/mol. The van der Waals surface area contributed by atoms with Gasteiger partial charge in [-0.1, -0.05) is 50.2 Å². The lowest BCUT2D eigenvalue weighted by Crippen LogP contribution is -2.21. The predicted octanol–water partition coefficient (Wildman–Crippen LogP) is 3.70. The molecule has 2 heteroatoms. The summed E-state index contributed by atoms with van der Waals surface area (Å²) >= 11 is 0. The summed E-state index contributed by atoms with van der Waals surface area (Å²) in [5, 5.41) is 3.45. The fourth-order valence-electron chi connectivity index (χ4n) is 2.66. The first-order valence-electron chi connectivity index (χ1n) is 7.36. The van der Waals surface area contributed by atoms with Crippen molar-refractivity contribution in [2.45, 2.75) is 39.5 Å². The van der Waals surface area contributed by atoms with Crippen molar-refractivity contribution in [2.75, 3.05) is 4.90 Å². The van der Waals surface area contributed by atoms with E-state index in [2.05, 4.69) is 72.6 Å². The fourth-order valence-corrected chi connectivity index (χ4v) is 2.66. The average Bonchev–Trinajstić information content (AvgIpc) is 2.89. The Morgan fingerprint density at radius 3 is 2.10 bits per heavy atom. The van der Waals surface area contributed by atoms with Crippen LogP contribution < -0.4 is 10.2 Å². The fraction of sp³-hybridized carbons (Fsp3) is 0.333. The van der Waals surface area contributed by atoms with Crippen molar-refractivity contribution in [3.8, 4) is 0 Å². The zero-order valence-electron chi connectivity index (χ0n) is 12.3. The number of hydrogen-bond acceptors (Lipinski definition) is 2. The van der Waals surface area contributed by atoms with E-state index < -0.39 is 0 Å². The Morgan fingerprint density at radius 1 is 0.950 bits per heavy atom. The zero-order chi connectivity index (χ0) is 13.9. The van der Waals surface area contributed by atoms with Gasteiger partial charge in [0.15, 0.2) is 0 Å². The molecule has 0 spiro atoms. The molecule has 0 saturated heterocycles. The van der Waals surface area contributed by atoms with Gasteiger partial charge in [-0.05, 0) is 28.8 Å². The molecule has 0 amide bonds. The molecule has 0 aromatic heterocycles. The van der Waals surface area contributed by atoms with Crippen molar-refractivity contribution in [3.05, 3.63) is 65.2 Å². The van der Waals surface area contributed by atoms with Gasteiger partial charge in [0.1, 0.15) is 0 Å². The molecule has 0 unspecified atom stereocenters. The molecule has 104 valence electrons. The minimum Gasteiger partial charge on any atom is -0.363 e. The molecule has 0 aliphatic carbocycles. The van der Waals surface area contributed by atoms with Gasteiger partial charge in [0.05, 0.1) is 0 Å². The first-order chi connectivity index (χ1) is 9.72. The number of nitrogens with zero attached hydrogens (tertiary/aromatic N) is 1. The summed E-state index contributed by atoms with van der Waals surface area (Å²) in [6, 6.07) is 18.2. The second-order valence-electron chi connectivity index (χ2n) is 5.83. The Bertz CT molecular complexity index is 547. The highest BCUT2D eigenvalue weighted by atomic mass is 15.1. The molecule has 1 aliphatic heterocycles. The van der Waals surface area contributed by atoms with E-state index in [0.717, 1.165) is 19.6 Å². The van der Waals surface area contributed by atoms with Gasteiger partial charge < -0.3 is 10.2 Å². The van der Waals surface area contributed by atoms with Gasteiger partial charge in [0.25, 0.3) is 0 Å². The van der Waals surface area contributed by atoms with E-state index in [1.54, 1.807) is 0 Å². The van der Waals surface area contributed by atoms with Gasteiger partial charge in [-0.3, -0.25) is 0 Å². The number of rotatable bonds is 4. The van der Waals surface area contributed by atoms with Crippen molar-refractivity contribution in [1.29, 1.82) is 0 Å². The quantitative estimate of drug-likeness (QED) is 0.907. The predicted molar refractivity (Wildman–Crippen MR) is 84.7 cm³/mol. The number of benzene rings is 2. The van der Waals surface area contributed by atoms with Crippen molar-refractivity contribution >= 4 is 5.69 Å². The minimum absolute atomic E-state index is 0.530. The molecular weight excluding hydrogens is 244 g/mol. The number of hydrogen-bond donors (Lipinski definition) is 1. The lowest BCUT2D eigenvalue weighted by molar-refractivity contribution is 0.589. The lowest BCUT2D eigenvalue weighted by Gasteiger charge is -2.18. The van der Waals surface area contributed by atoms with E-state index in [1.807, 2.05) is 0 Å². The molecule has 3 rings (SSSR count). The molecule has 2 aromatic carbocycles. The Morgan fingerprint density at radius 2 is 1.55 bits per heavy atom. The highest BCUT2D eigenvalue weighted by Gasteiger charge is 2.18. The van der Waals surface area contributed by atoms with Crippen LogP contribution in [0.3, 0.4) is 0 Å². The van der Waals surface area contributed by atoms with E-state index in [4.69, 9.17) is 0 Å². The molecule has 2 nitrogen and oxygen atoms in total. The number of nitrogens with one attached hydrogen (secondary N) is 1. The third kappa shape index (κ3) is 2.86. The summed E-state index contributed by atoms with van der Waals surface area (Å²) in [5.41, 5.74) is 5.57. The molecule has 1 aliphatic rings. The van der Waals surface area contributed by atoms with Crippen LogP contribution in [0, 0.1) is 0 Å². The van der Waals surface area contributed by atoms with Gasteiger partial charge in [0.2, 0.25) is 0 Å². The Balaban J connectivity index is 1.67. The number of anilines is 1. The maximum absolute atomic E-state index is 3.45. The molecule has 1 heterocycles. The van der Waals surface area contributed by atoms with Gasteiger partial charge >= 0.3 is 0 Å². The smallest absolute Gasteiger partial charge is 0.0436 e. The summed E-state index contributed by atoms with van der Waals surface area (Å²) in [7, 11) is 0. The normalized spacial score (nSPS) is 13.8. The summed E-state index contributed by atoms with van der Waals surface area (Å²) in [4.78, 5) is 2.43. The van der Waals surface area contributed by atoms with Crippen LogP contribution in [0.25, 0.3) is 0 Å². The van der Waals surface area contributed by atoms with Crippen LogP contribution in [0.1, 0.15) is 30.5 Å². The maximum Gasteiger partial charge on any atom is 0.0436 e. The van der Waals surface area contributed by atoms with Crippen LogP contribution in [0.2, 0.25) is 0 Å². The molecule has 0 radical (unpaired) electrons. The molecule has 0 saturated carbocycles. The van der Waals surface area contributed by atoms with Crippen LogP contribution in [-0.4, -0.2) is 6.04 Å². The summed E-state index contributed by atoms with van der Waals surface area (Å²) in [6.45, 7) is 7.35. The van der Waals surface area contributed by atoms with Crippen LogP contribution >= 0.6 is 0 Å². The second kappa shape index (κ2) is 5.68. The standard InChI is InChI=1S/C18H22N2/c1-14(2)19-11-15-7-9-18(10-8-15)20-12-16-5-3-4-6-17(16)13-20/h3-10,14,19H,11-13H2,1-2H3. The van der Waals surface area contributed by atoms with E-state index in [9.17, 15) is 0 Å². The maximum atomic E-state index is 3.45. The van der Waals surface area contributed by atoms with Crippen LogP contribution in [0.4, 0.5) is 5.69 Å². The second-order valence-corrected chi connectivity index (χ2v) is 5.83. The van der Waals surface area contributed by atoms with Crippen molar-refractivity contribution < 1.29 is 0 Å². The van der Waals surface area contributed by atoms with Crippen LogP contribution in [0.5, 0.6) is 0 Å². The Kier molecular flexibility index (Phi) is 3.75. The summed E-state index contributed by atoms with van der Waals surface area (Å²) in [6.07, 6.45) is 0. The molecule has 0 fully saturated rings. The van der Waals surface area contributed by atoms with Crippen molar-refractivity contribution in [3.63, 3.8) is 0 Å². The Hall–Kier alpha value is -1.80. The SMILES string of the molecule is CC(C)NCc1ccc(N2Cc3ccccc3C2)cc1. The Labute approximate surface area is 121 Å². The molecule has 2 aromatic rings. The van der Waals surface area contributed by atoms with Gasteiger partial charge in [0, 0.05) is 31.4 Å². The molecule has 20 heavy (non-hydrogen) atoms. The first-order valence-corrected chi connectivity index (χ1v) is 7.36. The van der Waals surface area contributed by atoms with Gasteiger partial charge in [-0.2, -0.15) is 0 Å². The summed E-state index contributed by atoms with van der Waals surface area (Å²) < 4.78 is 0. The molecule has 1 N–H and O–H groups in total. The van der Waals surface area contributed by atoms with Crippen molar-refractivity contribution in [1.82, 2.24) is 5.32 Å². The van der Waals surface area contributed by atoms with Gasteiger partial charge in [-0.25, -0.2) is 0 Å². The minimum atomic E-state index is 0.530. The number of fused-ring (bicyclic) bond motifs is 1. The lowest BCUT2D eigenvalue weighted by atomic mass is 10.1. The monoisotopic (exact) mass is 266 g/mol. The van der Waals surface area contributed by atoms with Crippen LogP contribution in [-0.2, 0) is 19.6 Å². The van der Waals surface area contributed by atoms with E-state index in [0.29, 0.717) is 6.04 Å². The zero-order valence-corrected chi connectivity index (χ0v) is 12.3. The largest absolute Gasteiger partial charge is 0.363 e. The highest BCUT2D eigenvalue weighted by Crippen LogP contribution is 2.28. The topological polar surface area (TPSA) is 15.3 Å². The first kappa shape index (κ1) is 13.2. The van der Waals surface area contributed by atoms with E-state index in [1.165, 1.54) is 22.4 Å². The molecule has 0 atom stereocenters. The highest BCUT2D eigenvalue weighted by molar-refractivity contribution is 5.52.